The van der Waals surface area contributed by atoms with Gasteiger partial charge in [-0.2, -0.15) is 0 Å². The molecule has 0 bridgehead atoms. The van der Waals surface area contributed by atoms with Crippen LogP contribution in [0, 0.1) is 5.41 Å². The van der Waals surface area contributed by atoms with E-state index in [0.717, 1.165) is 6.42 Å². The summed E-state index contributed by atoms with van der Waals surface area (Å²) in [5.74, 6) is 0. The first-order valence-corrected chi connectivity index (χ1v) is 3.94. The lowest BCUT2D eigenvalue weighted by Crippen LogP contribution is -2.45. The van der Waals surface area contributed by atoms with Gasteiger partial charge in [-0.05, 0) is 11.8 Å². The highest BCUT2D eigenvalue weighted by atomic mass is 16.2. The fourth-order valence-electron chi connectivity index (χ4n) is 1.10. The zero-order valence-corrected chi connectivity index (χ0v) is 7.77. The van der Waals surface area contributed by atoms with Crippen LogP contribution in [0.1, 0.15) is 34.1 Å². The first-order valence-electron chi connectivity index (χ1n) is 3.94. The molecule has 0 heterocycles. The normalized spacial score (nSPS) is 14.2. The Labute approximate surface area is 68.3 Å². The molecule has 0 saturated carbocycles. The summed E-state index contributed by atoms with van der Waals surface area (Å²) in [6.07, 6.45) is 0.909. The lowest BCUT2D eigenvalue weighted by Gasteiger charge is -2.29. The van der Waals surface area contributed by atoms with Crippen molar-refractivity contribution in [1.29, 1.82) is 0 Å². The summed E-state index contributed by atoms with van der Waals surface area (Å²) in [4.78, 5) is 10.5. The van der Waals surface area contributed by atoms with Crippen LogP contribution >= 0.6 is 0 Å². The van der Waals surface area contributed by atoms with Crippen LogP contribution in [0.15, 0.2) is 0 Å². The van der Waals surface area contributed by atoms with Gasteiger partial charge in [0, 0.05) is 6.04 Å². The molecule has 66 valence electrons. The van der Waals surface area contributed by atoms with Crippen LogP contribution < -0.4 is 11.1 Å². The molecule has 3 heteroatoms. The molecule has 0 spiro atoms. The zero-order chi connectivity index (χ0) is 9.07. The topological polar surface area (TPSA) is 55.1 Å². The Bertz CT molecular complexity index is 138. The maximum Gasteiger partial charge on any atom is 0.312 e. The van der Waals surface area contributed by atoms with Crippen molar-refractivity contribution < 1.29 is 4.79 Å². The maximum atomic E-state index is 10.5. The summed E-state index contributed by atoms with van der Waals surface area (Å²) in [7, 11) is 0. The molecule has 0 aromatic carbocycles. The molecule has 3 nitrogen and oxygen atoms in total. The lowest BCUT2D eigenvalue weighted by atomic mass is 9.85. The third kappa shape index (κ3) is 3.86. The number of hydrogen-bond donors (Lipinski definition) is 2. The Morgan fingerprint density at radius 1 is 1.55 bits per heavy atom. The number of primary amides is 1. The van der Waals surface area contributed by atoms with E-state index in [2.05, 4.69) is 26.1 Å². The molecule has 0 aliphatic rings. The van der Waals surface area contributed by atoms with E-state index in [1.165, 1.54) is 0 Å². The fraction of sp³-hybridized carbons (Fsp3) is 0.875. The molecule has 2 amide bonds. The number of nitrogens with one attached hydrogen (secondary N) is 1. The van der Waals surface area contributed by atoms with Gasteiger partial charge in [-0.15, -0.1) is 0 Å². The van der Waals surface area contributed by atoms with Crippen molar-refractivity contribution in [2.24, 2.45) is 11.1 Å². The molecule has 0 aliphatic carbocycles. The molecule has 1 unspecified atom stereocenters. The van der Waals surface area contributed by atoms with Crippen LogP contribution in [0.25, 0.3) is 0 Å². The second-order valence-electron chi connectivity index (χ2n) is 3.84. The minimum absolute atomic E-state index is 0.0871. The van der Waals surface area contributed by atoms with Crippen LogP contribution in [-0.2, 0) is 0 Å². The summed E-state index contributed by atoms with van der Waals surface area (Å²) in [5, 5.41) is 2.71. The van der Waals surface area contributed by atoms with Crippen molar-refractivity contribution in [2.45, 2.75) is 40.2 Å². The molecular weight excluding hydrogens is 140 g/mol. The van der Waals surface area contributed by atoms with Gasteiger partial charge in [0.15, 0.2) is 0 Å². The van der Waals surface area contributed by atoms with Crippen LogP contribution in [-0.4, -0.2) is 12.1 Å². The van der Waals surface area contributed by atoms with Crippen molar-refractivity contribution in [3.63, 3.8) is 0 Å². The van der Waals surface area contributed by atoms with Crippen molar-refractivity contribution in [3.8, 4) is 0 Å². The van der Waals surface area contributed by atoms with E-state index in [9.17, 15) is 4.79 Å². The minimum Gasteiger partial charge on any atom is -0.352 e. The average molecular weight is 158 g/mol. The van der Waals surface area contributed by atoms with Crippen LogP contribution in [0.3, 0.4) is 0 Å². The predicted octanol–water partition coefficient (Wildman–Crippen LogP) is 1.48. The molecule has 1 atom stereocenters. The van der Waals surface area contributed by atoms with Gasteiger partial charge in [0.1, 0.15) is 0 Å². The van der Waals surface area contributed by atoms with E-state index in [1.54, 1.807) is 0 Å². The number of amides is 2. The van der Waals surface area contributed by atoms with Gasteiger partial charge < -0.3 is 11.1 Å². The highest BCUT2D eigenvalue weighted by Gasteiger charge is 2.23. The van der Waals surface area contributed by atoms with Crippen LogP contribution in [0.4, 0.5) is 4.79 Å². The second kappa shape index (κ2) is 3.60. The van der Waals surface area contributed by atoms with Gasteiger partial charge >= 0.3 is 6.03 Å². The molecular formula is C8H18N2O. The summed E-state index contributed by atoms with van der Waals surface area (Å²) < 4.78 is 0. The number of hydrogen-bond acceptors (Lipinski definition) is 1. The Balaban J connectivity index is 4.07. The largest absolute Gasteiger partial charge is 0.352 e. The minimum atomic E-state index is -0.438. The summed E-state index contributed by atoms with van der Waals surface area (Å²) in [6, 6.07) is -0.272. The van der Waals surface area contributed by atoms with Gasteiger partial charge in [0.05, 0.1) is 0 Å². The molecule has 0 saturated heterocycles. The smallest absolute Gasteiger partial charge is 0.312 e. The van der Waals surface area contributed by atoms with E-state index < -0.39 is 6.03 Å². The fourth-order valence-corrected chi connectivity index (χ4v) is 1.10. The molecule has 0 aromatic heterocycles. The summed E-state index contributed by atoms with van der Waals surface area (Å²) in [6.45, 7) is 8.27. The van der Waals surface area contributed by atoms with Gasteiger partial charge in [0.2, 0.25) is 0 Å². The standard InChI is InChI=1S/C8H18N2O/c1-5-6(8(2,3)4)10-7(9)11/h6H,5H2,1-4H3,(H3,9,10,11). The van der Waals surface area contributed by atoms with Gasteiger partial charge in [0.25, 0.3) is 0 Å². The number of rotatable bonds is 2. The lowest BCUT2D eigenvalue weighted by molar-refractivity contribution is 0.223. The van der Waals surface area contributed by atoms with E-state index in [-0.39, 0.29) is 11.5 Å². The Morgan fingerprint density at radius 2 is 2.00 bits per heavy atom. The van der Waals surface area contributed by atoms with E-state index in [0.29, 0.717) is 0 Å². The molecule has 11 heavy (non-hydrogen) atoms. The third-order valence-corrected chi connectivity index (χ3v) is 1.77. The Kier molecular flexibility index (Phi) is 3.36. The van der Waals surface area contributed by atoms with E-state index in [4.69, 9.17) is 5.73 Å². The first kappa shape index (κ1) is 10.3. The summed E-state index contributed by atoms with van der Waals surface area (Å²) in [5.41, 5.74) is 5.10. The van der Waals surface area contributed by atoms with Crippen LogP contribution in [0.5, 0.6) is 0 Å². The number of nitrogens with two attached hydrogens (primary N) is 1. The highest BCUT2D eigenvalue weighted by molar-refractivity contribution is 5.72. The van der Waals surface area contributed by atoms with Crippen LogP contribution in [0.2, 0.25) is 0 Å². The van der Waals surface area contributed by atoms with E-state index >= 15 is 0 Å². The SMILES string of the molecule is CCC(NC(N)=O)C(C)(C)C. The van der Waals surface area contributed by atoms with Crippen molar-refractivity contribution >= 4 is 6.03 Å². The molecule has 0 fully saturated rings. The van der Waals surface area contributed by atoms with Gasteiger partial charge in [-0.3, -0.25) is 0 Å². The maximum absolute atomic E-state index is 10.5. The van der Waals surface area contributed by atoms with Crippen molar-refractivity contribution in [1.82, 2.24) is 5.32 Å². The highest BCUT2D eigenvalue weighted by Crippen LogP contribution is 2.20. The number of carbonyl (C=O) groups excluding carboxylic acids is 1. The summed E-state index contributed by atoms with van der Waals surface area (Å²) >= 11 is 0. The van der Waals surface area contributed by atoms with Crippen molar-refractivity contribution in [3.05, 3.63) is 0 Å². The molecule has 3 N–H and O–H groups in total. The quantitative estimate of drug-likeness (QED) is 0.628. The Hall–Kier alpha value is -0.730. The molecule has 0 radical (unpaired) electrons. The second-order valence-corrected chi connectivity index (χ2v) is 3.84. The number of carbonyl (C=O) groups is 1. The zero-order valence-electron chi connectivity index (χ0n) is 7.77. The predicted molar refractivity (Wildman–Crippen MR) is 46.3 cm³/mol. The molecule has 0 rings (SSSR count). The van der Waals surface area contributed by atoms with Gasteiger partial charge in [-0.25, -0.2) is 4.79 Å². The Morgan fingerprint density at radius 3 is 2.09 bits per heavy atom. The van der Waals surface area contributed by atoms with E-state index in [1.807, 2.05) is 6.92 Å². The van der Waals surface area contributed by atoms with Gasteiger partial charge in [-0.1, -0.05) is 27.7 Å². The molecule has 0 aliphatic heterocycles. The number of urea groups is 1. The van der Waals surface area contributed by atoms with Crippen molar-refractivity contribution in [2.75, 3.05) is 0 Å². The monoisotopic (exact) mass is 158 g/mol. The first-order chi connectivity index (χ1) is 4.88. The molecule has 0 aromatic rings. The average Bonchev–Trinajstić information content (AvgIpc) is 1.79. The third-order valence-electron chi connectivity index (χ3n) is 1.77.